The van der Waals surface area contributed by atoms with E-state index in [-0.39, 0.29) is 0 Å². The number of amides is 1. The summed E-state index contributed by atoms with van der Waals surface area (Å²) in [5.74, 6) is 0.777. The van der Waals surface area contributed by atoms with E-state index in [2.05, 4.69) is 10.2 Å². The lowest BCUT2D eigenvalue weighted by Crippen LogP contribution is -2.43. The van der Waals surface area contributed by atoms with E-state index in [0.717, 1.165) is 25.9 Å². The summed E-state index contributed by atoms with van der Waals surface area (Å²) >= 11 is 0. The summed E-state index contributed by atoms with van der Waals surface area (Å²) in [6, 6.07) is 0.454. The number of hydrogen-bond donors (Lipinski definition) is 1. The molecule has 1 N–H and O–H groups in total. The maximum Gasteiger partial charge on any atom is 0.225 e. The molecule has 0 aromatic rings. The van der Waals surface area contributed by atoms with Crippen LogP contribution in [-0.2, 0) is 4.79 Å². The summed E-state index contributed by atoms with van der Waals surface area (Å²) in [7, 11) is 1.98. The fourth-order valence-corrected chi connectivity index (χ4v) is 3.33. The molecule has 1 saturated heterocycles. The van der Waals surface area contributed by atoms with Crippen molar-refractivity contribution in [3.63, 3.8) is 0 Å². The van der Waals surface area contributed by atoms with Gasteiger partial charge in [-0.15, -0.1) is 0 Å². The molecule has 1 unspecified atom stereocenters. The molecule has 3 nitrogen and oxygen atoms in total. The van der Waals surface area contributed by atoms with Gasteiger partial charge in [-0.3, -0.25) is 4.79 Å². The monoisotopic (exact) mass is 238 g/mol. The van der Waals surface area contributed by atoms with E-state index in [1.54, 1.807) is 0 Å². The Labute approximate surface area is 105 Å². The first-order valence-corrected chi connectivity index (χ1v) is 7.28. The molecular weight excluding hydrogens is 212 g/mol. The van der Waals surface area contributed by atoms with Crippen molar-refractivity contribution in [3.8, 4) is 0 Å². The highest BCUT2D eigenvalue weighted by Gasteiger charge is 2.32. The molecule has 3 heteroatoms. The summed E-state index contributed by atoms with van der Waals surface area (Å²) in [6.07, 6.45) is 9.77. The van der Waals surface area contributed by atoms with Gasteiger partial charge in [0.25, 0.3) is 0 Å². The van der Waals surface area contributed by atoms with Crippen LogP contribution in [0, 0.1) is 5.92 Å². The Morgan fingerprint density at radius 1 is 1.12 bits per heavy atom. The van der Waals surface area contributed by atoms with Crippen LogP contribution in [0.5, 0.6) is 0 Å². The topological polar surface area (TPSA) is 32.3 Å². The number of likely N-dealkylation sites (tertiary alicyclic amines) is 1. The quantitative estimate of drug-likeness (QED) is 0.764. The van der Waals surface area contributed by atoms with Crippen LogP contribution in [0.3, 0.4) is 0 Å². The summed E-state index contributed by atoms with van der Waals surface area (Å²) in [5, 5.41) is 3.22. The third-order valence-electron chi connectivity index (χ3n) is 4.30. The van der Waals surface area contributed by atoms with Crippen LogP contribution in [0.25, 0.3) is 0 Å². The first kappa shape index (κ1) is 12.9. The highest BCUT2D eigenvalue weighted by molar-refractivity contribution is 5.79. The molecule has 1 heterocycles. The Balaban J connectivity index is 1.92. The molecule has 98 valence electrons. The zero-order valence-corrected chi connectivity index (χ0v) is 11.1. The number of carbonyl (C=O) groups is 1. The average Bonchev–Trinajstić information content (AvgIpc) is 2.63. The van der Waals surface area contributed by atoms with Crippen LogP contribution in [0.2, 0.25) is 0 Å². The van der Waals surface area contributed by atoms with Gasteiger partial charge in [-0.2, -0.15) is 0 Å². The van der Waals surface area contributed by atoms with Gasteiger partial charge in [0.2, 0.25) is 5.91 Å². The summed E-state index contributed by atoms with van der Waals surface area (Å²) in [5.41, 5.74) is 0. The van der Waals surface area contributed by atoms with Crippen molar-refractivity contribution in [1.29, 1.82) is 0 Å². The van der Waals surface area contributed by atoms with E-state index in [0.29, 0.717) is 17.9 Å². The van der Waals surface area contributed by atoms with E-state index >= 15 is 0 Å². The maximum atomic E-state index is 12.5. The normalized spacial score (nSPS) is 27.1. The average molecular weight is 238 g/mol. The van der Waals surface area contributed by atoms with Crippen molar-refractivity contribution < 1.29 is 4.79 Å². The number of nitrogens with one attached hydrogen (secondary N) is 1. The number of likely N-dealkylation sites (N-methyl/N-ethyl adjacent to an activating group) is 1. The smallest absolute Gasteiger partial charge is 0.225 e. The number of hydrogen-bond acceptors (Lipinski definition) is 2. The SMILES string of the molecule is CNCC1CCCN1C(=O)C1CCCCCC1. The molecule has 1 saturated carbocycles. The van der Waals surface area contributed by atoms with E-state index < -0.39 is 0 Å². The molecule has 2 aliphatic rings. The molecular formula is C14H26N2O. The fraction of sp³-hybridized carbons (Fsp3) is 0.929. The Hall–Kier alpha value is -0.570. The summed E-state index contributed by atoms with van der Waals surface area (Å²) in [6.45, 7) is 1.94. The molecule has 0 bridgehead atoms. The number of rotatable bonds is 3. The Bertz CT molecular complexity index is 247. The van der Waals surface area contributed by atoms with Crippen molar-refractivity contribution in [3.05, 3.63) is 0 Å². The van der Waals surface area contributed by atoms with Crippen molar-refractivity contribution in [2.24, 2.45) is 5.92 Å². The molecule has 1 aliphatic heterocycles. The van der Waals surface area contributed by atoms with Crippen molar-refractivity contribution in [1.82, 2.24) is 10.2 Å². The van der Waals surface area contributed by atoms with E-state index in [1.165, 1.54) is 38.5 Å². The van der Waals surface area contributed by atoms with Crippen molar-refractivity contribution in [2.75, 3.05) is 20.1 Å². The minimum atomic E-state index is 0.329. The summed E-state index contributed by atoms with van der Waals surface area (Å²) in [4.78, 5) is 14.7. The van der Waals surface area contributed by atoms with Crippen molar-refractivity contribution in [2.45, 2.75) is 57.4 Å². The second kappa shape index (κ2) is 6.39. The highest BCUT2D eigenvalue weighted by Crippen LogP contribution is 2.27. The minimum absolute atomic E-state index is 0.329. The molecule has 0 aromatic carbocycles. The van der Waals surface area contributed by atoms with Crippen LogP contribution < -0.4 is 5.32 Å². The first-order valence-electron chi connectivity index (χ1n) is 7.28. The van der Waals surface area contributed by atoms with Crippen LogP contribution in [0.1, 0.15) is 51.4 Å². The highest BCUT2D eigenvalue weighted by atomic mass is 16.2. The molecule has 1 atom stereocenters. The molecule has 0 spiro atoms. The zero-order valence-electron chi connectivity index (χ0n) is 11.1. The van der Waals surface area contributed by atoms with Gasteiger partial charge < -0.3 is 10.2 Å². The summed E-state index contributed by atoms with van der Waals surface area (Å²) < 4.78 is 0. The van der Waals surface area contributed by atoms with Gasteiger partial charge in [0.15, 0.2) is 0 Å². The molecule has 2 rings (SSSR count). The van der Waals surface area contributed by atoms with Crippen LogP contribution in [-0.4, -0.2) is 37.0 Å². The van der Waals surface area contributed by atoms with Gasteiger partial charge in [-0.25, -0.2) is 0 Å². The van der Waals surface area contributed by atoms with Crippen LogP contribution in [0.15, 0.2) is 0 Å². The lowest BCUT2D eigenvalue weighted by Gasteiger charge is -2.28. The fourth-order valence-electron chi connectivity index (χ4n) is 3.33. The zero-order chi connectivity index (χ0) is 12.1. The number of carbonyl (C=O) groups excluding carboxylic acids is 1. The van der Waals surface area contributed by atoms with E-state index in [1.807, 2.05) is 7.05 Å². The Morgan fingerprint density at radius 2 is 1.82 bits per heavy atom. The van der Waals surface area contributed by atoms with Crippen LogP contribution >= 0.6 is 0 Å². The largest absolute Gasteiger partial charge is 0.338 e. The molecule has 1 amide bonds. The second-order valence-corrected chi connectivity index (χ2v) is 5.57. The van der Waals surface area contributed by atoms with E-state index in [4.69, 9.17) is 0 Å². The Morgan fingerprint density at radius 3 is 2.47 bits per heavy atom. The van der Waals surface area contributed by atoms with Crippen LogP contribution in [0.4, 0.5) is 0 Å². The predicted molar refractivity (Wildman–Crippen MR) is 69.9 cm³/mol. The van der Waals surface area contributed by atoms with Gasteiger partial charge in [0.05, 0.1) is 0 Å². The lowest BCUT2D eigenvalue weighted by atomic mass is 9.98. The molecule has 2 fully saturated rings. The van der Waals surface area contributed by atoms with Gasteiger partial charge in [-0.05, 0) is 32.7 Å². The van der Waals surface area contributed by atoms with Gasteiger partial charge in [-0.1, -0.05) is 25.7 Å². The first-order chi connectivity index (χ1) is 8.33. The molecule has 1 aliphatic carbocycles. The van der Waals surface area contributed by atoms with Gasteiger partial charge in [0.1, 0.15) is 0 Å². The third-order valence-corrected chi connectivity index (χ3v) is 4.30. The van der Waals surface area contributed by atoms with E-state index in [9.17, 15) is 4.79 Å². The minimum Gasteiger partial charge on any atom is -0.338 e. The Kier molecular flexibility index (Phi) is 4.84. The second-order valence-electron chi connectivity index (χ2n) is 5.57. The predicted octanol–water partition coefficient (Wildman–Crippen LogP) is 2.17. The third kappa shape index (κ3) is 3.21. The van der Waals surface area contributed by atoms with Gasteiger partial charge in [0, 0.05) is 25.0 Å². The molecule has 0 radical (unpaired) electrons. The van der Waals surface area contributed by atoms with Crippen molar-refractivity contribution >= 4 is 5.91 Å². The molecule has 17 heavy (non-hydrogen) atoms. The maximum absolute atomic E-state index is 12.5. The number of nitrogens with zero attached hydrogens (tertiary/aromatic N) is 1. The molecule has 0 aromatic heterocycles. The lowest BCUT2D eigenvalue weighted by molar-refractivity contribution is -0.136. The van der Waals surface area contributed by atoms with Gasteiger partial charge >= 0.3 is 0 Å². The standard InChI is InChI=1S/C14H26N2O/c1-15-11-13-9-6-10-16(13)14(17)12-7-4-2-3-5-8-12/h12-13,15H,2-11H2,1H3.